The molecule has 0 radical (unpaired) electrons. The molecule has 2 aromatic carbocycles. The highest BCUT2D eigenvalue weighted by Gasteiger charge is 2.08. The maximum atomic E-state index is 12.0. The molecule has 0 bridgehead atoms. The zero-order valence-electron chi connectivity index (χ0n) is 10.8. The van der Waals surface area contributed by atoms with Crippen molar-refractivity contribution in [3.05, 3.63) is 54.1 Å². The van der Waals surface area contributed by atoms with Gasteiger partial charge >= 0.3 is 0 Å². The highest BCUT2D eigenvalue weighted by Crippen LogP contribution is 2.17. The number of nitrogens with one attached hydrogen (secondary N) is 2. The van der Waals surface area contributed by atoms with Crippen molar-refractivity contribution in [3.8, 4) is 5.75 Å². The van der Waals surface area contributed by atoms with Gasteiger partial charge in [0.2, 0.25) is 0 Å². The predicted molar refractivity (Wildman–Crippen MR) is 79.2 cm³/mol. The van der Waals surface area contributed by atoms with Crippen LogP contribution in [-0.4, -0.2) is 19.4 Å². The van der Waals surface area contributed by atoms with Gasteiger partial charge in [-0.3, -0.25) is 9.52 Å². The number of carbonyl (C=O) groups excluding carboxylic acids is 1. The van der Waals surface area contributed by atoms with Crippen molar-refractivity contribution >= 4 is 27.5 Å². The minimum atomic E-state index is -3.88. The fourth-order valence-electron chi connectivity index (χ4n) is 1.68. The number of phenols is 1. The molecule has 110 valence electrons. The average Bonchev–Trinajstić information content (AvgIpc) is 2.37. The minimum absolute atomic E-state index is 0.0210. The van der Waals surface area contributed by atoms with Gasteiger partial charge in [0.25, 0.3) is 16.1 Å². The third kappa shape index (κ3) is 4.48. The molecule has 2 aromatic rings. The first-order valence-electron chi connectivity index (χ1n) is 5.84. The lowest BCUT2D eigenvalue weighted by atomic mass is 10.2. The molecule has 8 heteroatoms. The molecule has 0 fully saturated rings. The van der Waals surface area contributed by atoms with E-state index in [0.29, 0.717) is 5.69 Å². The standard InChI is InChI=1S/C13H13N3O4S/c14-21(19,20)16-11-5-2-4-10(8-11)15-13(18)9-3-1-6-12(17)7-9/h1-8,16-17H,(H,15,18)(H2,14,19,20). The third-order valence-electron chi connectivity index (χ3n) is 2.49. The molecular formula is C13H13N3O4S. The van der Waals surface area contributed by atoms with Crippen LogP contribution in [0, 0.1) is 0 Å². The van der Waals surface area contributed by atoms with Crippen molar-refractivity contribution in [1.82, 2.24) is 0 Å². The molecule has 0 aliphatic carbocycles. The first-order valence-corrected chi connectivity index (χ1v) is 7.39. The summed E-state index contributed by atoms with van der Waals surface area (Å²) in [5.74, 6) is -0.453. The molecule has 0 saturated heterocycles. The van der Waals surface area contributed by atoms with Gasteiger partial charge in [-0.15, -0.1) is 0 Å². The Hall–Kier alpha value is -2.58. The Labute approximate surface area is 121 Å². The van der Waals surface area contributed by atoms with Crippen LogP contribution in [-0.2, 0) is 10.2 Å². The highest BCUT2D eigenvalue weighted by atomic mass is 32.2. The summed E-state index contributed by atoms with van der Waals surface area (Å²) in [6.45, 7) is 0. The summed E-state index contributed by atoms with van der Waals surface area (Å²) < 4.78 is 24.0. The average molecular weight is 307 g/mol. The molecule has 0 aromatic heterocycles. The number of anilines is 2. The Morgan fingerprint density at radius 3 is 2.38 bits per heavy atom. The smallest absolute Gasteiger partial charge is 0.296 e. The van der Waals surface area contributed by atoms with Gasteiger partial charge < -0.3 is 10.4 Å². The Balaban J connectivity index is 2.16. The van der Waals surface area contributed by atoms with E-state index in [1.807, 2.05) is 0 Å². The second-order valence-electron chi connectivity index (χ2n) is 4.23. The lowest BCUT2D eigenvalue weighted by molar-refractivity contribution is 0.102. The van der Waals surface area contributed by atoms with Crippen molar-refractivity contribution < 1.29 is 18.3 Å². The third-order valence-corrected chi connectivity index (χ3v) is 3.01. The van der Waals surface area contributed by atoms with Crippen LogP contribution in [0.3, 0.4) is 0 Å². The predicted octanol–water partition coefficient (Wildman–Crippen LogP) is 1.26. The van der Waals surface area contributed by atoms with Crippen LogP contribution in [0.1, 0.15) is 10.4 Å². The van der Waals surface area contributed by atoms with Crippen molar-refractivity contribution in [1.29, 1.82) is 0 Å². The number of hydrogen-bond donors (Lipinski definition) is 4. The van der Waals surface area contributed by atoms with E-state index in [9.17, 15) is 18.3 Å². The van der Waals surface area contributed by atoms with Gasteiger partial charge in [-0.05, 0) is 36.4 Å². The quantitative estimate of drug-likeness (QED) is 0.679. The number of carbonyl (C=O) groups is 1. The van der Waals surface area contributed by atoms with Gasteiger partial charge in [0.1, 0.15) is 5.75 Å². The summed E-state index contributed by atoms with van der Waals surface area (Å²) in [5, 5.41) is 16.8. The van der Waals surface area contributed by atoms with E-state index in [1.54, 1.807) is 24.3 Å². The maximum Gasteiger partial charge on any atom is 0.296 e. The number of amides is 1. The van der Waals surface area contributed by atoms with Crippen molar-refractivity contribution in [2.45, 2.75) is 0 Å². The number of aromatic hydroxyl groups is 1. The van der Waals surface area contributed by atoms with Gasteiger partial charge in [-0.1, -0.05) is 12.1 Å². The van der Waals surface area contributed by atoms with Crippen LogP contribution in [0.15, 0.2) is 48.5 Å². The van der Waals surface area contributed by atoms with Gasteiger partial charge in [0, 0.05) is 11.3 Å². The summed E-state index contributed by atoms with van der Waals surface area (Å²) in [4.78, 5) is 12.0. The van der Waals surface area contributed by atoms with Crippen molar-refractivity contribution in [3.63, 3.8) is 0 Å². The Morgan fingerprint density at radius 1 is 1.05 bits per heavy atom. The molecule has 0 atom stereocenters. The molecule has 0 saturated carbocycles. The summed E-state index contributed by atoms with van der Waals surface area (Å²) in [6, 6.07) is 11.9. The van der Waals surface area contributed by atoms with E-state index in [2.05, 4.69) is 10.0 Å². The van der Waals surface area contributed by atoms with Gasteiger partial charge in [-0.25, -0.2) is 5.14 Å². The van der Waals surface area contributed by atoms with E-state index in [4.69, 9.17) is 5.14 Å². The molecule has 21 heavy (non-hydrogen) atoms. The van der Waals surface area contributed by atoms with Gasteiger partial charge in [-0.2, -0.15) is 8.42 Å². The first kappa shape index (κ1) is 14.8. The highest BCUT2D eigenvalue weighted by molar-refractivity contribution is 7.90. The summed E-state index contributed by atoms with van der Waals surface area (Å²) in [7, 11) is -3.88. The zero-order valence-corrected chi connectivity index (χ0v) is 11.6. The molecule has 0 spiro atoms. The van der Waals surface area contributed by atoms with E-state index in [1.165, 1.54) is 24.3 Å². The molecular weight excluding hydrogens is 294 g/mol. The second kappa shape index (κ2) is 5.81. The summed E-state index contributed by atoms with van der Waals surface area (Å²) in [6.07, 6.45) is 0. The fraction of sp³-hybridized carbons (Fsp3) is 0. The number of nitrogens with two attached hydrogens (primary N) is 1. The molecule has 0 aliphatic rings. The Kier molecular flexibility index (Phi) is 4.10. The molecule has 0 heterocycles. The lowest BCUT2D eigenvalue weighted by Crippen LogP contribution is -2.21. The van der Waals surface area contributed by atoms with Crippen molar-refractivity contribution in [2.24, 2.45) is 5.14 Å². The molecule has 1 amide bonds. The van der Waals surface area contributed by atoms with Crippen molar-refractivity contribution in [2.75, 3.05) is 10.0 Å². The number of rotatable bonds is 4. The second-order valence-corrected chi connectivity index (χ2v) is 5.53. The number of benzene rings is 2. The lowest BCUT2D eigenvalue weighted by Gasteiger charge is -2.08. The number of phenolic OH excluding ortho intramolecular Hbond substituents is 1. The van der Waals surface area contributed by atoms with E-state index >= 15 is 0 Å². The molecule has 5 N–H and O–H groups in total. The molecule has 7 nitrogen and oxygen atoms in total. The number of hydrogen-bond acceptors (Lipinski definition) is 4. The van der Waals surface area contributed by atoms with Crippen LogP contribution in [0.25, 0.3) is 0 Å². The topological polar surface area (TPSA) is 122 Å². The Morgan fingerprint density at radius 2 is 1.71 bits per heavy atom. The maximum absolute atomic E-state index is 12.0. The largest absolute Gasteiger partial charge is 0.508 e. The molecule has 2 rings (SSSR count). The van der Waals surface area contributed by atoms with Crippen LogP contribution in [0.4, 0.5) is 11.4 Å². The van der Waals surface area contributed by atoms with Crippen LogP contribution in [0.5, 0.6) is 5.75 Å². The first-order chi connectivity index (χ1) is 9.83. The van der Waals surface area contributed by atoms with E-state index in [0.717, 1.165) is 0 Å². The van der Waals surface area contributed by atoms with E-state index in [-0.39, 0.29) is 17.0 Å². The molecule has 0 unspecified atom stereocenters. The normalized spacial score (nSPS) is 10.9. The minimum Gasteiger partial charge on any atom is -0.508 e. The summed E-state index contributed by atoms with van der Waals surface area (Å²) >= 11 is 0. The van der Waals surface area contributed by atoms with Gasteiger partial charge in [0.15, 0.2) is 0 Å². The monoisotopic (exact) mass is 307 g/mol. The van der Waals surface area contributed by atoms with Crippen LogP contribution >= 0.6 is 0 Å². The summed E-state index contributed by atoms with van der Waals surface area (Å²) in [5.41, 5.74) is 0.892. The van der Waals surface area contributed by atoms with E-state index < -0.39 is 16.1 Å². The van der Waals surface area contributed by atoms with Gasteiger partial charge in [0.05, 0.1) is 5.69 Å². The van der Waals surface area contributed by atoms with Crippen LogP contribution in [0.2, 0.25) is 0 Å². The Bertz CT molecular complexity index is 774. The van der Waals surface area contributed by atoms with Crippen LogP contribution < -0.4 is 15.2 Å². The zero-order chi connectivity index (χ0) is 15.5. The molecule has 0 aliphatic heterocycles. The fourth-order valence-corrected chi connectivity index (χ4v) is 2.13. The SMILES string of the molecule is NS(=O)(=O)Nc1cccc(NC(=O)c2cccc(O)c2)c1.